The Hall–Kier alpha value is -5.42. The molecule has 1 aromatic heterocycles. The molecule has 352 valence electrons. The highest BCUT2D eigenvalue weighted by molar-refractivity contribution is 5.91. The molecule has 6 heterocycles. The highest BCUT2D eigenvalue weighted by atomic mass is 16.6. The van der Waals surface area contributed by atoms with Crippen molar-refractivity contribution in [2.45, 2.75) is 89.7 Å². The van der Waals surface area contributed by atoms with Gasteiger partial charge >= 0.3 is 23.8 Å². The fourth-order valence-corrected chi connectivity index (χ4v) is 10.5. The van der Waals surface area contributed by atoms with E-state index in [1.165, 1.54) is 4.57 Å². The number of anilines is 1. The number of nitrogens with zero attached hydrogens (tertiary/aromatic N) is 6. The molecule has 3 aromatic rings. The number of carbonyl (C=O) groups excluding carboxylic acids is 5. The molecule has 8 rings (SSSR count). The average Bonchev–Trinajstić information content (AvgIpc) is 3.50. The largest absolute Gasteiger partial charge is 0.466 e. The predicted octanol–water partition coefficient (Wildman–Crippen LogP) is 4.57. The number of rotatable bonds is 13. The van der Waals surface area contributed by atoms with Crippen molar-refractivity contribution < 1.29 is 42.6 Å². The second-order valence-corrected chi connectivity index (χ2v) is 18.4. The topological polar surface area (TPSA) is 176 Å². The molecule has 1 atom stereocenters. The number of amides is 5. The lowest BCUT2D eigenvalue weighted by atomic mass is 9.78. The fraction of sp³-hybridized carbons (Fsp3) is 0.625. The predicted molar refractivity (Wildman–Crippen MR) is 241 cm³/mol. The van der Waals surface area contributed by atoms with Gasteiger partial charge in [0, 0.05) is 97.1 Å². The Balaban J connectivity index is 0.820. The highest BCUT2D eigenvalue weighted by Crippen LogP contribution is 2.34. The molecule has 17 nitrogen and oxygen atoms in total. The SMILES string of the molecule is Cc1cc(C[C@@H](OC(=O)N2CCC(N3CCc4ccccc4NC3=O)CC2)C(=O)N2CCC(C3CCN(C(=O)CCC(=O)OCCCN4CCOCC4)CC3)CC2)cc2oc(=O)n(C)c12. The molecule has 4 fully saturated rings. The van der Waals surface area contributed by atoms with E-state index in [1.807, 2.05) is 52.0 Å². The number of ether oxygens (including phenoxy) is 3. The number of para-hydroxylation sites is 1. The molecule has 0 aliphatic carbocycles. The van der Waals surface area contributed by atoms with Crippen LogP contribution < -0.4 is 11.1 Å². The normalized spacial score (nSPS) is 20.0. The van der Waals surface area contributed by atoms with E-state index in [0.29, 0.717) is 88.2 Å². The standard InChI is InChI=1S/C48H65N7O10/c1-33-30-34(31-40-44(33)50(2)47(60)64-40)32-41(65-48(61)54-22-15-38(16-23-54)55-24-14-37-6-3-4-7-39(37)49-46(55)59)45(58)53-20-12-36(13-21-53)35-10-18-52(19-11-35)42(56)8-9-43(57)63-27-5-17-51-25-28-62-29-26-51/h3-4,6-7,30-31,35-36,38,41H,5,8-29,32H2,1-2H3,(H,49,59)/t41-/m1/s1. The lowest BCUT2D eigenvalue weighted by Crippen LogP contribution is -2.52. The van der Waals surface area contributed by atoms with E-state index in [-0.39, 0.29) is 49.1 Å². The van der Waals surface area contributed by atoms with Crippen LogP contribution in [0.4, 0.5) is 15.3 Å². The number of hydrogen-bond donors (Lipinski definition) is 1. The number of esters is 1. The van der Waals surface area contributed by atoms with Crippen LogP contribution in [0.25, 0.3) is 11.1 Å². The van der Waals surface area contributed by atoms with Gasteiger partial charge in [0.2, 0.25) is 5.91 Å². The van der Waals surface area contributed by atoms with Crippen molar-refractivity contribution >= 4 is 46.7 Å². The number of fused-ring (bicyclic) bond motifs is 2. The first-order valence-corrected chi connectivity index (χ1v) is 23.7. The van der Waals surface area contributed by atoms with Crippen molar-refractivity contribution in [1.29, 1.82) is 0 Å². The minimum Gasteiger partial charge on any atom is -0.466 e. The minimum absolute atomic E-state index is 0.0148. The Morgan fingerprint density at radius 1 is 0.815 bits per heavy atom. The molecule has 17 heteroatoms. The van der Waals surface area contributed by atoms with Crippen molar-refractivity contribution in [3.63, 3.8) is 0 Å². The van der Waals surface area contributed by atoms with Crippen LogP contribution in [0, 0.1) is 18.8 Å². The third-order valence-electron chi connectivity index (χ3n) is 14.3. The molecule has 5 aliphatic heterocycles. The number of carbonyl (C=O) groups is 5. The van der Waals surface area contributed by atoms with E-state index in [1.54, 1.807) is 18.0 Å². The van der Waals surface area contributed by atoms with Gasteiger partial charge < -0.3 is 43.5 Å². The number of urea groups is 1. The molecule has 0 bridgehead atoms. The van der Waals surface area contributed by atoms with Gasteiger partial charge in [0.05, 0.1) is 31.8 Å². The summed E-state index contributed by atoms with van der Waals surface area (Å²) in [7, 11) is 1.65. The summed E-state index contributed by atoms with van der Waals surface area (Å²) in [4.78, 5) is 88.8. The van der Waals surface area contributed by atoms with Crippen LogP contribution in [0.2, 0.25) is 0 Å². The maximum Gasteiger partial charge on any atom is 0.419 e. The highest BCUT2D eigenvalue weighted by Gasteiger charge is 2.37. The van der Waals surface area contributed by atoms with Gasteiger partial charge in [-0.1, -0.05) is 24.3 Å². The first kappa shape index (κ1) is 46.1. The summed E-state index contributed by atoms with van der Waals surface area (Å²) in [6.45, 7) is 10.1. The number of hydrogen-bond acceptors (Lipinski definition) is 11. The average molecular weight is 900 g/mol. The maximum atomic E-state index is 14.4. The summed E-state index contributed by atoms with van der Waals surface area (Å²) >= 11 is 0. The van der Waals surface area contributed by atoms with E-state index in [2.05, 4.69) is 10.2 Å². The van der Waals surface area contributed by atoms with Gasteiger partial charge in [-0.25, -0.2) is 14.4 Å². The van der Waals surface area contributed by atoms with E-state index in [4.69, 9.17) is 18.6 Å². The van der Waals surface area contributed by atoms with Crippen LogP contribution in [-0.4, -0.2) is 156 Å². The third-order valence-corrected chi connectivity index (χ3v) is 14.3. The Morgan fingerprint density at radius 3 is 2.22 bits per heavy atom. The molecule has 1 N–H and O–H groups in total. The maximum absolute atomic E-state index is 14.4. The quantitative estimate of drug-likeness (QED) is 0.188. The van der Waals surface area contributed by atoms with Crippen molar-refractivity contribution in [2.75, 3.05) is 90.6 Å². The number of aryl methyl sites for hydroxylation is 2. The molecule has 4 saturated heterocycles. The second kappa shape index (κ2) is 21.3. The molecular weight excluding hydrogens is 835 g/mol. The van der Waals surface area contributed by atoms with Crippen molar-refractivity contribution in [1.82, 2.24) is 29.1 Å². The summed E-state index contributed by atoms with van der Waals surface area (Å²) in [5.41, 5.74) is 4.54. The van der Waals surface area contributed by atoms with Gasteiger partial charge in [0.1, 0.15) is 0 Å². The molecule has 0 spiro atoms. The van der Waals surface area contributed by atoms with Crippen LogP contribution in [0.3, 0.4) is 0 Å². The van der Waals surface area contributed by atoms with Crippen molar-refractivity contribution in [2.24, 2.45) is 18.9 Å². The van der Waals surface area contributed by atoms with Gasteiger partial charge in [-0.3, -0.25) is 23.9 Å². The first-order valence-electron chi connectivity index (χ1n) is 23.7. The fourth-order valence-electron chi connectivity index (χ4n) is 10.5. The van der Waals surface area contributed by atoms with Gasteiger partial charge in [0.15, 0.2) is 11.7 Å². The van der Waals surface area contributed by atoms with E-state index < -0.39 is 18.0 Å². The van der Waals surface area contributed by atoms with Crippen LogP contribution >= 0.6 is 0 Å². The zero-order valence-corrected chi connectivity index (χ0v) is 38.0. The number of oxazole rings is 1. The summed E-state index contributed by atoms with van der Waals surface area (Å²) in [5.74, 6) is -0.253. The number of morpholine rings is 1. The van der Waals surface area contributed by atoms with E-state index in [9.17, 15) is 28.8 Å². The Kier molecular flexibility index (Phi) is 15.1. The Bertz CT molecular complexity index is 2230. The molecule has 0 radical (unpaired) electrons. The molecule has 65 heavy (non-hydrogen) atoms. The van der Waals surface area contributed by atoms with Crippen molar-refractivity contribution in [3.05, 3.63) is 63.6 Å². The minimum atomic E-state index is -1.10. The van der Waals surface area contributed by atoms with Crippen molar-refractivity contribution in [3.8, 4) is 0 Å². The second-order valence-electron chi connectivity index (χ2n) is 18.4. The Labute approximate surface area is 380 Å². The third kappa shape index (κ3) is 11.3. The summed E-state index contributed by atoms with van der Waals surface area (Å²) in [6, 6.07) is 11.3. The Morgan fingerprint density at radius 2 is 1.49 bits per heavy atom. The van der Waals surface area contributed by atoms with Gasteiger partial charge in [-0.2, -0.15) is 0 Å². The zero-order valence-electron chi connectivity index (χ0n) is 38.0. The molecule has 0 unspecified atom stereocenters. The van der Waals surface area contributed by atoms with Crippen LogP contribution in [0.5, 0.6) is 0 Å². The lowest BCUT2D eigenvalue weighted by molar-refractivity contribution is -0.146. The number of benzene rings is 2. The van der Waals surface area contributed by atoms with Gasteiger partial charge in [0.25, 0.3) is 5.91 Å². The number of aromatic nitrogens is 1. The summed E-state index contributed by atoms with van der Waals surface area (Å²) in [5, 5.41) is 3.05. The molecule has 2 aromatic carbocycles. The first-order chi connectivity index (χ1) is 31.5. The molecule has 5 aliphatic rings. The van der Waals surface area contributed by atoms with Crippen LogP contribution in [0.1, 0.15) is 74.5 Å². The monoisotopic (exact) mass is 899 g/mol. The van der Waals surface area contributed by atoms with Gasteiger partial charge in [-0.05, 0) is 98.9 Å². The van der Waals surface area contributed by atoms with Crippen LogP contribution in [-0.2, 0) is 48.5 Å². The summed E-state index contributed by atoms with van der Waals surface area (Å²) < 4.78 is 23.9. The van der Waals surface area contributed by atoms with E-state index >= 15 is 0 Å². The molecular formula is C48H65N7O10. The summed E-state index contributed by atoms with van der Waals surface area (Å²) in [6.07, 6.45) is 4.75. The molecule has 0 saturated carbocycles. The zero-order chi connectivity index (χ0) is 45.5. The number of piperidine rings is 3. The number of nitrogens with one attached hydrogen (secondary N) is 1. The smallest absolute Gasteiger partial charge is 0.419 e. The van der Waals surface area contributed by atoms with Crippen LogP contribution in [0.15, 0.2) is 45.6 Å². The number of likely N-dealkylation sites (tertiary alicyclic amines) is 3. The molecule has 5 amide bonds. The van der Waals surface area contributed by atoms with E-state index in [0.717, 1.165) is 93.8 Å². The lowest BCUT2D eigenvalue weighted by Gasteiger charge is -2.41. The van der Waals surface area contributed by atoms with Gasteiger partial charge in [-0.15, -0.1) is 0 Å².